The van der Waals surface area contributed by atoms with Gasteiger partial charge >= 0.3 is 0 Å². The van der Waals surface area contributed by atoms with Crippen LogP contribution in [0.3, 0.4) is 0 Å². The number of hydrogen-bond donors (Lipinski definition) is 0. The molecular formula is C16H9ClINO2. The van der Waals surface area contributed by atoms with Gasteiger partial charge < -0.3 is 0 Å². The number of rotatable bonds is 2. The van der Waals surface area contributed by atoms with Gasteiger partial charge in [-0.25, -0.2) is 0 Å². The zero-order chi connectivity index (χ0) is 15.0. The van der Waals surface area contributed by atoms with E-state index < -0.39 is 0 Å². The molecule has 0 saturated heterocycles. The van der Waals surface area contributed by atoms with Gasteiger partial charge in [-0.05, 0) is 46.9 Å². The molecule has 1 aromatic heterocycles. The average molecular weight is 410 g/mol. The van der Waals surface area contributed by atoms with Crippen LogP contribution in [0, 0.1) is 3.57 Å². The molecule has 1 heterocycles. The SMILES string of the molecule is O=Cc1cn(C(=O)c2cc(I)ccc2Cl)c2ccccc12. The Morgan fingerprint density at radius 2 is 1.95 bits per heavy atom. The maximum absolute atomic E-state index is 12.7. The Labute approximate surface area is 139 Å². The maximum atomic E-state index is 12.7. The Bertz CT molecular complexity index is 870. The maximum Gasteiger partial charge on any atom is 0.263 e. The van der Waals surface area contributed by atoms with Crippen LogP contribution < -0.4 is 0 Å². The number of aromatic nitrogens is 1. The van der Waals surface area contributed by atoms with Gasteiger partial charge in [-0.15, -0.1) is 0 Å². The summed E-state index contributed by atoms with van der Waals surface area (Å²) in [5.41, 5.74) is 1.60. The number of benzene rings is 2. The zero-order valence-corrected chi connectivity index (χ0v) is 13.6. The molecule has 3 nitrogen and oxygen atoms in total. The van der Waals surface area contributed by atoms with Crippen molar-refractivity contribution in [3.8, 4) is 0 Å². The lowest BCUT2D eigenvalue weighted by Gasteiger charge is -2.06. The lowest BCUT2D eigenvalue weighted by Crippen LogP contribution is -2.11. The van der Waals surface area contributed by atoms with Crippen molar-refractivity contribution < 1.29 is 9.59 Å². The summed E-state index contributed by atoms with van der Waals surface area (Å²) < 4.78 is 2.39. The molecule has 0 N–H and O–H groups in total. The molecule has 2 aromatic carbocycles. The fourth-order valence-corrected chi connectivity index (χ4v) is 2.95. The smallest absolute Gasteiger partial charge is 0.263 e. The molecule has 0 amide bonds. The van der Waals surface area contributed by atoms with E-state index in [1.54, 1.807) is 18.3 Å². The first-order valence-electron chi connectivity index (χ1n) is 6.17. The van der Waals surface area contributed by atoms with Gasteiger partial charge in [0.25, 0.3) is 5.91 Å². The van der Waals surface area contributed by atoms with Gasteiger partial charge in [0, 0.05) is 20.7 Å². The second-order valence-electron chi connectivity index (χ2n) is 4.52. The Kier molecular flexibility index (Phi) is 3.82. The number of hydrogen-bond acceptors (Lipinski definition) is 2. The van der Waals surface area contributed by atoms with Crippen LogP contribution in [0.4, 0.5) is 0 Å². The molecular weight excluding hydrogens is 401 g/mol. The van der Waals surface area contributed by atoms with Crippen LogP contribution in [0.2, 0.25) is 5.02 Å². The van der Waals surface area contributed by atoms with Gasteiger partial charge in [-0.3, -0.25) is 14.2 Å². The standard InChI is InChI=1S/C16H9ClINO2/c17-14-6-5-11(18)7-13(14)16(21)19-8-10(9-20)12-3-1-2-4-15(12)19/h1-9H. The first-order valence-corrected chi connectivity index (χ1v) is 7.62. The molecule has 0 radical (unpaired) electrons. The first kappa shape index (κ1) is 14.3. The predicted octanol–water partition coefficient (Wildman–Crippen LogP) is 4.40. The van der Waals surface area contributed by atoms with Crippen molar-refractivity contribution in [1.29, 1.82) is 0 Å². The van der Waals surface area contributed by atoms with Gasteiger partial charge in [-0.1, -0.05) is 29.8 Å². The summed E-state index contributed by atoms with van der Waals surface area (Å²) in [7, 11) is 0. The lowest BCUT2D eigenvalue weighted by atomic mass is 10.2. The summed E-state index contributed by atoms with van der Waals surface area (Å²) >= 11 is 8.25. The normalized spacial score (nSPS) is 10.8. The Morgan fingerprint density at radius 3 is 2.71 bits per heavy atom. The highest BCUT2D eigenvalue weighted by atomic mass is 127. The second kappa shape index (κ2) is 5.61. The van der Waals surface area contributed by atoms with E-state index in [0.29, 0.717) is 21.7 Å². The Morgan fingerprint density at radius 1 is 1.19 bits per heavy atom. The van der Waals surface area contributed by atoms with Gasteiger partial charge in [-0.2, -0.15) is 0 Å². The van der Waals surface area contributed by atoms with Crippen LogP contribution in [0.25, 0.3) is 10.9 Å². The van der Waals surface area contributed by atoms with Gasteiger partial charge in [0.05, 0.1) is 16.1 Å². The summed E-state index contributed by atoms with van der Waals surface area (Å²) in [5, 5.41) is 1.15. The van der Waals surface area contributed by atoms with E-state index in [1.807, 2.05) is 30.3 Å². The molecule has 0 fully saturated rings. The third-order valence-corrected chi connectivity index (χ3v) is 4.25. The van der Waals surface area contributed by atoms with Gasteiger partial charge in [0.1, 0.15) is 0 Å². The minimum atomic E-state index is -0.247. The van der Waals surface area contributed by atoms with Crippen LogP contribution >= 0.6 is 34.2 Å². The predicted molar refractivity (Wildman–Crippen MR) is 91.2 cm³/mol. The largest absolute Gasteiger partial charge is 0.298 e. The van der Waals surface area contributed by atoms with E-state index in [2.05, 4.69) is 22.6 Å². The van der Waals surface area contributed by atoms with E-state index in [9.17, 15) is 9.59 Å². The molecule has 0 aliphatic carbocycles. The molecule has 21 heavy (non-hydrogen) atoms. The number of halogens is 2. The number of fused-ring (bicyclic) bond motifs is 1. The number of nitrogens with zero attached hydrogens (tertiary/aromatic N) is 1. The van der Waals surface area contributed by atoms with Crippen molar-refractivity contribution in [2.24, 2.45) is 0 Å². The van der Waals surface area contributed by atoms with Crippen LogP contribution in [-0.2, 0) is 0 Å². The minimum absolute atomic E-state index is 0.247. The lowest BCUT2D eigenvalue weighted by molar-refractivity contribution is 0.0965. The van der Waals surface area contributed by atoms with Crippen molar-refractivity contribution in [2.75, 3.05) is 0 Å². The van der Waals surface area contributed by atoms with E-state index in [-0.39, 0.29) is 5.91 Å². The monoisotopic (exact) mass is 409 g/mol. The molecule has 3 aromatic rings. The number of carbonyl (C=O) groups excluding carboxylic acids is 2. The van der Waals surface area contributed by atoms with Gasteiger partial charge in [0.15, 0.2) is 6.29 Å². The van der Waals surface area contributed by atoms with Crippen LogP contribution in [0.1, 0.15) is 20.7 Å². The van der Waals surface area contributed by atoms with Crippen molar-refractivity contribution in [3.05, 3.63) is 68.4 Å². The minimum Gasteiger partial charge on any atom is -0.298 e. The zero-order valence-electron chi connectivity index (χ0n) is 10.7. The first-order chi connectivity index (χ1) is 10.1. The highest BCUT2D eigenvalue weighted by molar-refractivity contribution is 14.1. The molecule has 3 rings (SSSR count). The summed E-state index contributed by atoms with van der Waals surface area (Å²) in [6.45, 7) is 0. The molecule has 0 atom stereocenters. The summed E-state index contributed by atoms with van der Waals surface area (Å²) in [5.74, 6) is -0.247. The van der Waals surface area contributed by atoms with Gasteiger partial charge in [0.2, 0.25) is 0 Å². The van der Waals surface area contributed by atoms with E-state index in [4.69, 9.17) is 11.6 Å². The van der Waals surface area contributed by atoms with Crippen LogP contribution in [-0.4, -0.2) is 16.8 Å². The summed E-state index contributed by atoms with van der Waals surface area (Å²) in [4.78, 5) is 23.9. The highest BCUT2D eigenvalue weighted by Crippen LogP contribution is 2.24. The molecule has 0 unspecified atom stereocenters. The van der Waals surface area contributed by atoms with E-state index in [0.717, 1.165) is 15.2 Å². The third-order valence-electron chi connectivity index (χ3n) is 3.25. The van der Waals surface area contributed by atoms with Crippen molar-refractivity contribution in [2.45, 2.75) is 0 Å². The number of para-hydroxylation sites is 1. The van der Waals surface area contributed by atoms with E-state index >= 15 is 0 Å². The molecule has 0 bridgehead atoms. The summed E-state index contributed by atoms with van der Waals surface area (Å²) in [6, 6.07) is 12.6. The van der Waals surface area contributed by atoms with Crippen molar-refractivity contribution >= 4 is 57.3 Å². The Hall–Kier alpha value is -1.66. The molecule has 0 spiro atoms. The third kappa shape index (κ3) is 2.49. The van der Waals surface area contributed by atoms with Crippen molar-refractivity contribution in [3.63, 3.8) is 0 Å². The van der Waals surface area contributed by atoms with E-state index in [1.165, 1.54) is 4.57 Å². The molecule has 5 heteroatoms. The highest BCUT2D eigenvalue weighted by Gasteiger charge is 2.17. The fourth-order valence-electron chi connectivity index (χ4n) is 2.26. The second-order valence-corrected chi connectivity index (χ2v) is 6.17. The molecule has 0 saturated carbocycles. The topological polar surface area (TPSA) is 39.1 Å². The van der Waals surface area contributed by atoms with Crippen molar-refractivity contribution in [1.82, 2.24) is 4.57 Å². The number of aldehydes is 1. The Balaban J connectivity index is 2.23. The molecule has 104 valence electrons. The van der Waals surface area contributed by atoms with Crippen LogP contribution in [0.5, 0.6) is 0 Å². The molecule has 0 aliphatic rings. The fraction of sp³-hybridized carbons (Fsp3) is 0. The summed E-state index contributed by atoms with van der Waals surface area (Å²) in [6.07, 6.45) is 2.30. The average Bonchev–Trinajstić information content (AvgIpc) is 2.88. The van der Waals surface area contributed by atoms with Crippen LogP contribution in [0.15, 0.2) is 48.7 Å². The quantitative estimate of drug-likeness (QED) is 0.465. The number of carbonyl (C=O) groups is 2. The molecule has 0 aliphatic heterocycles.